The van der Waals surface area contributed by atoms with Gasteiger partial charge in [-0.05, 0) is 38.5 Å². The fourth-order valence-electron chi connectivity index (χ4n) is 1.69. The van der Waals surface area contributed by atoms with Crippen molar-refractivity contribution in [2.75, 3.05) is 13.2 Å². The number of benzene rings is 1. The zero-order chi connectivity index (χ0) is 18.1. The summed E-state index contributed by atoms with van der Waals surface area (Å²) in [7, 11) is 0. The molecule has 2 amide bonds. The van der Waals surface area contributed by atoms with E-state index < -0.39 is 18.1 Å². The molecule has 0 saturated carbocycles. The first-order valence-electron chi connectivity index (χ1n) is 7.27. The van der Waals surface area contributed by atoms with Crippen molar-refractivity contribution in [2.24, 2.45) is 10.8 Å². The summed E-state index contributed by atoms with van der Waals surface area (Å²) in [5.74, 6) is 0.0491. The Labute approximate surface area is 144 Å². The van der Waals surface area contributed by atoms with Gasteiger partial charge >= 0.3 is 12.0 Å². The predicted octanol–water partition coefficient (Wildman–Crippen LogP) is 2.07. The number of hydrogen-bond acceptors (Lipinski definition) is 6. The van der Waals surface area contributed by atoms with Crippen LogP contribution in [0.4, 0.5) is 4.79 Å². The van der Waals surface area contributed by atoms with Crippen LogP contribution in [-0.4, -0.2) is 37.5 Å². The Morgan fingerprint density at radius 3 is 2.67 bits per heavy atom. The van der Waals surface area contributed by atoms with Crippen LogP contribution in [0.15, 0.2) is 17.2 Å². The maximum Gasteiger partial charge on any atom is 0.347 e. The number of rotatable bonds is 8. The number of urea groups is 1. The van der Waals surface area contributed by atoms with Gasteiger partial charge in [-0.15, -0.1) is 0 Å². The minimum Gasteiger partial charge on any atom is -0.490 e. The summed E-state index contributed by atoms with van der Waals surface area (Å²) in [6, 6.07) is 2.36. The predicted molar refractivity (Wildman–Crippen MR) is 89.7 cm³/mol. The van der Waals surface area contributed by atoms with E-state index in [1.54, 1.807) is 32.9 Å². The molecule has 0 spiro atoms. The summed E-state index contributed by atoms with van der Waals surface area (Å²) >= 11 is 6.21. The van der Waals surface area contributed by atoms with Crippen molar-refractivity contribution in [1.82, 2.24) is 5.43 Å². The number of halogens is 1. The highest BCUT2D eigenvalue weighted by molar-refractivity contribution is 6.32. The lowest BCUT2D eigenvalue weighted by Gasteiger charge is -2.18. The van der Waals surface area contributed by atoms with Crippen LogP contribution in [-0.2, 0) is 9.53 Å². The number of hydrogen-bond donors (Lipinski definition) is 2. The van der Waals surface area contributed by atoms with Crippen LogP contribution in [0.1, 0.15) is 26.3 Å². The summed E-state index contributed by atoms with van der Waals surface area (Å²) in [6.07, 6.45) is 0.496. The fourth-order valence-corrected chi connectivity index (χ4v) is 1.96. The number of carbonyl (C=O) groups excluding carboxylic acids is 2. The lowest BCUT2D eigenvalue weighted by Crippen LogP contribution is -2.26. The van der Waals surface area contributed by atoms with Gasteiger partial charge in [0.1, 0.15) is 0 Å². The molecule has 9 heteroatoms. The van der Waals surface area contributed by atoms with Crippen molar-refractivity contribution in [2.45, 2.75) is 26.9 Å². The second kappa shape index (κ2) is 9.61. The first-order chi connectivity index (χ1) is 11.4. The largest absolute Gasteiger partial charge is 0.490 e. The highest BCUT2D eigenvalue weighted by Crippen LogP contribution is 2.37. The third kappa shape index (κ3) is 5.96. The number of nitrogens with zero attached hydrogens (tertiary/aromatic N) is 1. The van der Waals surface area contributed by atoms with Crippen molar-refractivity contribution in [3.05, 3.63) is 22.7 Å². The monoisotopic (exact) mass is 357 g/mol. The molecule has 1 aromatic carbocycles. The molecule has 1 atom stereocenters. The minimum atomic E-state index is -0.849. The van der Waals surface area contributed by atoms with Crippen LogP contribution >= 0.6 is 11.6 Å². The highest BCUT2D eigenvalue weighted by atomic mass is 35.5. The molecule has 132 valence electrons. The van der Waals surface area contributed by atoms with Crippen LogP contribution in [0.25, 0.3) is 0 Å². The molecule has 0 fully saturated rings. The zero-order valence-corrected chi connectivity index (χ0v) is 14.4. The molecule has 8 nitrogen and oxygen atoms in total. The molecule has 0 heterocycles. The second-order valence-electron chi connectivity index (χ2n) is 4.51. The molecule has 0 aliphatic heterocycles. The molecule has 24 heavy (non-hydrogen) atoms. The van der Waals surface area contributed by atoms with Gasteiger partial charge in [0, 0.05) is 0 Å². The molecule has 1 unspecified atom stereocenters. The van der Waals surface area contributed by atoms with Crippen molar-refractivity contribution in [1.29, 1.82) is 0 Å². The van der Waals surface area contributed by atoms with Crippen molar-refractivity contribution in [3.63, 3.8) is 0 Å². The lowest BCUT2D eigenvalue weighted by atomic mass is 10.2. The van der Waals surface area contributed by atoms with Crippen LogP contribution in [0.5, 0.6) is 11.5 Å². The summed E-state index contributed by atoms with van der Waals surface area (Å²) in [6.45, 7) is 5.66. The van der Waals surface area contributed by atoms with Gasteiger partial charge in [-0.2, -0.15) is 5.10 Å². The topological polar surface area (TPSA) is 112 Å². The molecular weight excluding hydrogens is 338 g/mol. The maximum atomic E-state index is 11.7. The summed E-state index contributed by atoms with van der Waals surface area (Å²) in [5, 5.41) is 3.87. The Morgan fingerprint density at radius 1 is 1.38 bits per heavy atom. The van der Waals surface area contributed by atoms with E-state index in [2.05, 4.69) is 10.5 Å². The van der Waals surface area contributed by atoms with E-state index in [1.807, 2.05) is 0 Å². The van der Waals surface area contributed by atoms with E-state index in [1.165, 1.54) is 6.21 Å². The first-order valence-corrected chi connectivity index (χ1v) is 7.64. The number of carbonyl (C=O) groups is 2. The van der Waals surface area contributed by atoms with Crippen molar-refractivity contribution < 1.29 is 23.8 Å². The van der Waals surface area contributed by atoms with E-state index >= 15 is 0 Å². The Bertz CT molecular complexity index is 621. The molecule has 3 N–H and O–H groups in total. The second-order valence-corrected chi connectivity index (χ2v) is 4.92. The number of nitrogens with two attached hydrogens (primary N) is 1. The number of amides is 2. The standard InChI is InChI=1S/C15H20ClN3O5/c1-4-22-12-7-10(8-18-19-15(17)21)6-11(16)13(12)24-9(3)14(20)23-5-2/h6-9H,4-5H2,1-3H3,(H3,17,19,21). The van der Waals surface area contributed by atoms with E-state index in [4.69, 9.17) is 31.5 Å². The van der Waals surface area contributed by atoms with Crippen LogP contribution in [0, 0.1) is 0 Å². The van der Waals surface area contributed by atoms with Crippen LogP contribution < -0.4 is 20.6 Å². The summed E-state index contributed by atoms with van der Waals surface area (Å²) in [5.41, 5.74) is 7.54. The Morgan fingerprint density at radius 2 is 2.08 bits per heavy atom. The number of primary amides is 1. The van der Waals surface area contributed by atoms with Gasteiger partial charge < -0.3 is 19.9 Å². The molecule has 0 bridgehead atoms. The molecular formula is C15H20ClN3O5. The van der Waals surface area contributed by atoms with E-state index in [0.29, 0.717) is 17.9 Å². The number of nitrogens with one attached hydrogen (secondary N) is 1. The molecule has 0 aliphatic rings. The van der Waals surface area contributed by atoms with E-state index in [9.17, 15) is 9.59 Å². The van der Waals surface area contributed by atoms with E-state index in [0.717, 1.165) is 0 Å². The molecule has 0 aromatic heterocycles. The fraction of sp³-hybridized carbons (Fsp3) is 0.400. The van der Waals surface area contributed by atoms with Crippen molar-refractivity contribution >= 4 is 29.8 Å². The third-order valence-electron chi connectivity index (χ3n) is 2.63. The van der Waals surface area contributed by atoms with Gasteiger partial charge in [-0.3, -0.25) is 0 Å². The van der Waals surface area contributed by atoms with Gasteiger partial charge in [-0.25, -0.2) is 15.0 Å². The van der Waals surface area contributed by atoms with Gasteiger partial charge in [0.05, 0.1) is 24.5 Å². The third-order valence-corrected chi connectivity index (χ3v) is 2.91. The van der Waals surface area contributed by atoms with Gasteiger partial charge in [0.2, 0.25) is 0 Å². The number of hydrazone groups is 1. The Kier molecular flexibility index (Phi) is 7.84. The maximum absolute atomic E-state index is 11.7. The summed E-state index contributed by atoms with van der Waals surface area (Å²) < 4.78 is 16.0. The van der Waals surface area contributed by atoms with Gasteiger partial charge in [0.25, 0.3) is 0 Å². The average Bonchev–Trinajstić information content (AvgIpc) is 2.50. The molecule has 0 aliphatic carbocycles. The quantitative estimate of drug-likeness (QED) is 0.420. The number of ether oxygens (including phenoxy) is 3. The van der Waals surface area contributed by atoms with Crippen molar-refractivity contribution in [3.8, 4) is 11.5 Å². The van der Waals surface area contributed by atoms with E-state index in [-0.39, 0.29) is 17.4 Å². The average molecular weight is 358 g/mol. The molecule has 1 rings (SSSR count). The van der Waals surface area contributed by atoms with Gasteiger partial charge in [-0.1, -0.05) is 11.6 Å². The van der Waals surface area contributed by atoms with Gasteiger partial charge in [0.15, 0.2) is 17.6 Å². The van der Waals surface area contributed by atoms with Crippen LogP contribution in [0.3, 0.4) is 0 Å². The zero-order valence-electron chi connectivity index (χ0n) is 13.7. The minimum absolute atomic E-state index is 0.220. The first kappa shape index (κ1) is 19.6. The summed E-state index contributed by atoms with van der Waals surface area (Å²) in [4.78, 5) is 22.3. The molecule has 0 saturated heterocycles. The Balaban J connectivity index is 3.04. The smallest absolute Gasteiger partial charge is 0.347 e. The molecule has 0 radical (unpaired) electrons. The number of esters is 1. The highest BCUT2D eigenvalue weighted by Gasteiger charge is 2.20. The SMILES string of the molecule is CCOC(=O)C(C)Oc1c(Cl)cc(C=NNC(N)=O)cc1OCC. The normalized spacial score (nSPS) is 11.8. The molecule has 1 aromatic rings. The Hall–Kier alpha value is -2.48. The lowest BCUT2D eigenvalue weighted by molar-refractivity contribution is -0.150. The van der Waals surface area contributed by atoms with Crippen LogP contribution in [0.2, 0.25) is 5.02 Å².